The summed E-state index contributed by atoms with van der Waals surface area (Å²) in [7, 11) is 0. The zero-order valence-electron chi connectivity index (χ0n) is 7.23. The molecule has 1 aromatic carbocycles. The lowest BCUT2D eigenvalue weighted by Crippen LogP contribution is -1.89. The maximum Gasteiger partial charge on any atom is 0.170 e. The summed E-state index contributed by atoms with van der Waals surface area (Å²) < 4.78 is 5.11. The molecule has 0 aliphatic rings. The van der Waals surface area contributed by atoms with E-state index in [0.717, 1.165) is 29.4 Å². The van der Waals surface area contributed by atoms with E-state index in [1.54, 1.807) is 6.20 Å². The highest BCUT2D eigenvalue weighted by atomic mass is 16.5. The van der Waals surface area contributed by atoms with Crippen LogP contribution in [-0.2, 0) is 6.42 Å². The van der Waals surface area contributed by atoms with Crippen molar-refractivity contribution in [3.63, 3.8) is 0 Å². The number of aryl methyl sites for hydroxylation is 1. The predicted octanol–water partition coefficient (Wildman–Crippen LogP) is 1.75. The number of rotatable bonds is 3. The van der Waals surface area contributed by atoms with E-state index < -0.39 is 0 Å². The predicted molar refractivity (Wildman–Crippen MR) is 49.4 cm³/mol. The van der Waals surface area contributed by atoms with E-state index in [0.29, 0.717) is 0 Å². The fraction of sp³-hybridized carbons (Fsp3) is 0.300. The Bertz CT molecular complexity index is 394. The lowest BCUT2D eigenvalue weighted by Gasteiger charge is -1.98. The third-order valence-corrected chi connectivity index (χ3v) is 2.07. The zero-order valence-corrected chi connectivity index (χ0v) is 7.23. The van der Waals surface area contributed by atoms with Gasteiger partial charge in [0.05, 0.1) is 6.20 Å². The molecule has 1 N–H and O–H groups in total. The summed E-state index contributed by atoms with van der Waals surface area (Å²) in [6.45, 7) is 0.213. The minimum absolute atomic E-state index is 0.213. The van der Waals surface area contributed by atoms with Crippen LogP contribution < -0.4 is 0 Å². The summed E-state index contributed by atoms with van der Waals surface area (Å²) in [5.41, 5.74) is 1.96. The van der Waals surface area contributed by atoms with Crippen LogP contribution in [-0.4, -0.2) is 16.9 Å². The second kappa shape index (κ2) is 3.58. The highest BCUT2D eigenvalue weighted by Gasteiger charge is 2.03. The van der Waals surface area contributed by atoms with Gasteiger partial charge in [-0.3, -0.25) is 0 Å². The minimum atomic E-state index is 0.213. The molecule has 13 heavy (non-hydrogen) atoms. The number of para-hydroxylation sites is 1. The standard InChI is InChI=1S/C10H11NO2/c12-6-2-5-8-3-1-4-9-7-11-13-10(8)9/h1,3-4,7,12H,2,5-6H2. The molecule has 0 bridgehead atoms. The van der Waals surface area contributed by atoms with Gasteiger partial charge in [0.1, 0.15) is 0 Å². The Morgan fingerprint density at radius 1 is 1.38 bits per heavy atom. The molecule has 0 aliphatic heterocycles. The number of aliphatic hydroxyl groups is 1. The van der Waals surface area contributed by atoms with Crippen LogP contribution in [0, 0.1) is 0 Å². The first-order valence-corrected chi connectivity index (χ1v) is 4.35. The molecule has 2 aromatic rings. The van der Waals surface area contributed by atoms with Crippen molar-refractivity contribution >= 4 is 11.0 Å². The van der Waals surface area contributed by atoms with Crippen LogP contribution in [0.25, 0.3) is 11.0 Å². The number of hydrogen-bond donors (Lipinski definition) is 1. The number of benzene rings is 1. The van der Waals surface area contributed by atoms with Crippen LogP contribution in [0.5, 0.6) is 0 Å². The lowest BCUT2D eigenvalue weighted by atomic mass is 10.1. The summed E-state index contributed by atoms with van der Waals surface area (Å²) in [4.78, 5) is 0. The van der Waals surface area contributed by atoms with Crippen molar-refractivity contribution in [2.75, 3.05) is 6.61 Å². The van der Waals surface area contributed by atoms with Gasteiger partial charge >= 0.3 is 0 Å². The average Bonchev–Trinajstić information content (AvgIpc) is 2.62. The fourth-order valence-corrected chi connectivity index (χ4v) is 1.42. The topological polar surface area (TPSA) is 46.3 Å². The Morgan fingerprint density at radius 3 is 3.15 bits per heavy atom. The Kier molecular flexibility index (Phi) is 2.27. The van der Waals surface area contributed by atoms with Crippen LogP contribution in [0.15, 0.2) is 28.9 Å². The number of nitrogens with zero attached hydrogens (tertiary/aromatic N) is 1. The van der Waals surface area contributed by atoms with Crippen molar-refractivity contribution in [3.8, 4) is 0 Å². The molecule has 0 saturated heterocycles. The zero-order chi connectivity index (χ0) is 9.10. The van der Waals surface area contributed by atoms with Crippen LogP contribution in [0.4, 0.5) is 0 Å². The minimum Gasteiger partial charge on any atom is -0.396 e. The Hall–Kier alpha value is -1.35. The van der Waals surface area contributed by atoms with E-state index in [4.69, 9.17) is 9.63 Å². The van der Waals surface area contributed by atoms with Gasteiger partial charge in [-0.15, -0.1) is 0 Å². The molecule has 3 nitrogen and oxygen atoms in total. The molecule has 1 aromatic heterocycles. The molecule has 0 atom stereocenters. The van der Waals surface area contributed by atoms with E-state index in [2.05, 4.69) is 5.16 Å². The quantitative estimate of drug-likeness (QED) is 0.776. The van der Waals surface area contributed by atoms with Crippen molar-refractivity contribution < 1.29 is 9.63 Å². The SMILES string of the molecule is OCCCc1cccc2cnoc12. The highest BCUT2D eigenvalue weighted by molar-refractivity contribution is 5.79. The summed E-state index contributed by atoms with van der Waals surface area (Å²) in [5, 5.41) is 13.5. The van der Waals surface area contributed by atoms with Gasteiger partial charge in [0.15, 0.2) is 5.58 Å². The molecule has 68 valence electrons. The second-order valence-electron chi connectivity index (χ2n) is 2.99. The number of aromatic nitrogens is 1. The molecule has 0 radical (unpaired) electrons. The molecule has 2 rings (SSSR count). The van der Waals surface area contributed by atoms with Crippen molar-refractivity contribution in [3.05, 3.63) is 30.0 Å². The molecule has 0 aliphatic carbocycles. The van der Waals surface area contributed by atoms with Crippen LogP contribution >= 0.6 is 0 Å². The van der Waals surface area contributed by atoms with Crippen molar-refractivity contribution in [2.45, 2.75) is 12.8 Å². The monoisotopic (exact) mass is 177 g/mol. The molecular weight excluding hydrogens is 166 g/mol. The van der Waals surface area contributed by atoms with Crippen LogP contribution in [0.1, 0.15) is 12.0 Å². The molecule has 0 spiro atoms. The summed E-state index contributed by atoms with van der Waals surface area (Å²) >= 11 is 0. The lowest BCUT2D eigenvalue weighted by molar-refractivity contribution is 0.288. The first kappa shape index (κ1) is 8.26. The van der Waals surface area contributed by atoms with Crippen molar-refractivity contribution in [2.24, 2.45) is 0 Å². The molecule has 0 unspecified atom stereocenters. The van der Waals surface area contributed by atoms with Gasteiger partial charge in [0, 0.05) is 12.0 Å². The third-order valence-electron chi connectivity index (χ3n) is 2.07. The molecular formula is C10H11NO2. The number of fused-ring (bicyclic) bond motifs is 1. The van der Waals surface area contributed by atoms with Gasteiger partial charge < -0.3 is 9.63 Å². The Morgan fingerprint density at radius 2 is 2.31 bits per heavy atom. The fourth-order valence-electron chi connectivity index (χ4n) is 1.42. The number of hydrogen-bond acceptors (Lipinski definition) is 3. The maximum absolute atomic E-state index is 8.70. The molecule has 0 saturated carbocycles. The molecule has 1 heterocycles. The molecule has 0 fully saturated rings. The van der Waals surface area contributed by atoms with Crippen molar-refractivity contribution in [1.29, 1.82) is 0 Å². The van der Waals surface area contributed by atoms with Crippen LogP contribution in [0.2, 0.25) is 0 Å². The molecule has 3 heteroatoms. The van der Waals surface area contributed by atoms with Gasteiger partial charge in [-0.1, -0.05) is 17.3 Å². The van der Waals surface area contributed by atoms with Gasteiger partial charge in [0.2, 0.25) is 0 Å². The highest BCUT2D eigenvalue weighted by Crippen LogP contribution is 2.18. The average molecular weight is 177 g/mol. The Balaban J connectivity index is 2.37. The summed E-state index contributed by atoms with van der Waals surface area (Å²) in [6.07, 6.45) is 3.31. The summed E-state index contributed by atoms with van der Waals surface area (Å²) in [5.74, 6) is 0. The maximum atomic E-state index is 8.70. The largest absolute Gasteiger partial charge is 0.396 e. The van der Waals surface area contributed by atoms with Gasteiger partial charge in [-0.25, -0.2) is 0 Å². The van der Waals surface area contributed by atoms with E-state index in [1.165, 1.54) is 0 Å². The van der Waals surface area contributed by atoms with Gasteiger partial charge in [-0.05, 0) is 24.5 Å². The Labute approximate surface area is 76.0 Å². The third kappa shape index (κ3) is 1.55. The van der Waals surface area contributed by atoms with E-state index in [9.17, 15) is 0 Å². The van der Waals surface area contributed by atoms with Gasteiger partial charge in [0.25, 0.3) is 0 Å². The number of aliphatic hydroxyl groups excluding tert-OH is 1. The van der Waals surface area contributed by atoms with E-state index in [-0.39, 0.29) is 6.61 Å². The first-order valence-electron chi connectivity index (χ1n) is 4.35. The molecule has 0 amide bonds. The first-order chi connectivity index (χ1) is 6.42. The summed E-state index contributed by atoms with van der Waals surface area (Å²) in [6, 6.07) is 5.95. The van der Waals surface area contributed by atoms with Crippen molar-refractivity contribution in [1.82, 2.24) is 5.16 Å². The van der Waals surface area contributed by atoms with E-state index in [1.807, 2.05) is 18.2 Å². The smallest absolute Gasteiger partial charge is 0.170 e. The second-order valence-corrected chi connectivity index (χ2v) is 2.99. The normalized spacial score (nSPS) is 10.8. The van der Waals surface area contributed by atoms with E-state index >= 15 is 0 Å². The van der Waals surface area contributed by atoms with Gasteiger partial charge in [-0.2, -0.15) is 0 Å². The van der Waals surface area contributed by atoms with Crippen LogP contribution in [0.3, 0.4) is 0 Å².